The summed E-state index contributed by atoms with van der Waals surface area (Å²) in [6.45, 7) is 3.55. The van der Waals surface area contributed by atoms with Gasteiger partial charge < -0.3 is 5.32 Å². The molecule has 0 saturated carbocycles. The van der Waals surface area contributed by atoms with Gasteiger partial charge in [-0.25, -0.2) is 22.7 Å². The van der Waals surface area contributed by atoms with Crippen LogP contribution in [0.4, 0.5) is 5.82 Å². The molecule has 0 unspecified atom stereocenters. The number of nitrogens with one attached hydrogen (secondary N) is 1. The molecule has 5 rings (SSSR count). The second-order valence-corrected chi connectivity index (χ2v) is 11.0. The third-order valence-electron chi connectivity index (χ3n) is 5.72. The summed E-state index contributed by atoms with van der Waals surface area (Å²) in [7, 11) is -3.08. The van der Waals surface area contributed by atoms with Crippen molar-refractivity contribution in [3.63, 3.8) is 0 Å². The van der Waals surface area contributed by atoms with Crippen LogP contribution >= 0.6 is 11.3 Å². The molecule has 1 fully saturated rings. The number of aryl methyl sites for hydroxylation is 2. The quantitative estimate of drug-likeness (QED) is 0.648. The van der Waals surface area contributed by atoms with Gasteiger partial charge in [-0.1, -0.05) is 0 Å². The molecular weight excluding hydrogens is 406 g/mol. The Morgan fingerprint density at radius 1 is 1.28 bits per heavy atom. The molecule has 0 atom stereocenters. The van der Waals surface area contributed by atoms with Crippen molar-refractivity contribution in [3.8, 4) is 11.4 Å². The molecule has 4 heterocycles. The second kappa shape index (κ2) is 7.30. The highest BCUT2D eigenvalue weighted by molar-refractivity contribution is 7.89. The standard InChI is InChI=1S/C20H23N5O2S2/c1-2-29(26,27)25-11-13(12-25)9-22-19-17-15-6-3-7-16(15)28-20(17)24-18(23-19)14-5-4-8-21-10-14/h4-5,8,10,13H,2-3,6-7,9,11-12H2,1H3,(H,22,23,24). The Balaban J connectivity index is 1.43. The fraction of sp³-hybridized carbons (Fsp3) is 0.450. The molecule has 0 radical (unpaired) electrons. The molecule has 2 aliphatic rings. The first-order chi connectivity index (χ1) is 14.0. The number of hydrogen-bond acceptors (Lipinski definition) is 7. The van der Waals surface area contributed by atoms with Gasteiger partial charge in [0.05, 0.1) is 11.1 Å². The maximum absolute atomic E-state index is 12.0. The van der Waals surface area contributed by atoms with Crippen molar-refractivity contribution in [3.05, 3.63) is 35.0 Å². The van der Waals surface area contributed by atoms with E-state index in [2.05, 4.69) is 10.3 Å². The largest absolute Gasteiger partial charge is 0.369 e. The van der Waals surface area contributed by atoms with Crippen LogP contribution < -0.4 is 5.32 Å². The first-order valence-electron chi connectivity index (χ1n) is 9.99. The minimum atomic E-state index is -3.08. The molecule has 0 amide bonds. The van der Waals surface area contributed by atoms with E-state index in [1.165, 1.54) is 16.9 Å². The Labute approximate surface area is 174 Å². The zero-order chi connectivity index (χ0) is 20.0. The maximum Gasteiger partial charge on any atom is 0.213 e. The predicted molar refractivity (Wildman–Crippen MR) is 116 cm³/mol. The van der Waals surface area contributed by atoms with E-state index in [1.54, 1.807) is 35.0 Å². The summed E-state index contributed by atoms with van der Waals surface area (Å²) in [5.41, 5.74) is 2.28. The van der Waals surface area contributed by atoms with Crippen LogP contribution in [0, 0.1) is 5.92 Å². The summed E-state index contributed by atoms with van der Waals surface area (Å²) in [6, 6.07) is 3.86. The van der Waals surface area contributed by atoms with Gasteiger partial charge in [-0.2, -0.15) is 0 Å². The van der Waals surface area contributed by atoms with Crippen LogP contribution in [0.3, 0.4) is 0 Å². The molecule has 1 N–H and O–H groups in total. The molecule has 7 nitrogen and oxygen atoms in total. The van der Waals surface area contributed by atoms with Gasteiger partial charge in [-0.15, -0.1) is 11.3 Å². The fourth-order valence-corrected chi connectivity index (χ4v) is 6.55. The molecule has 0 bridgehead atoms. The molecule has 0 spiro atoms. The monoisotopic (exact) mass is 429 g/mol. The highest BCUT2D eigenvalue weighted by Crippen LogP contribution is 2.40. The first-order valence-corrected chi connectivity index (χ1v) is 12.4. The molecular formula is C20H23N5O2S2. The van der Waals surface area contributed by atoms with Crippen molar-refractivity contribution in [2.24, 2.45) is 5.92 Å². The Morgan fingerprint density at radius 3 is 2.90 bits per heavy atom. The van der Waals surface area contributed by atoms with E-state index >= 15 is 0 Å². The summed E-state index contributed by atoms with van der Waals surface area (Å²) >= 11 is 1.77. The molecule has 1 saturated heterocycles. The van der Waals surface area contributed by atoms with Crippen molar-refractivity contribution in [2.75, 3.05) is 30.7 Å². The van der Waals surface area contributed by atoms with Crippen molar-refractivity contribution >= 4 is 37.4 Å². The molecule has 0 aromatic carbocycles. The van der Waals surface area contributed by atoms with E-state index in [-0.39, 0.29) is 5.75 Å². The lowest BCUT2D eigenvalue weighted by molar-refractivity contribution is 0.212. The SMILES string of the molecule is CCS(=O)(=O)N1CC(CNc2nc(-c3cccnc3)nc3sc4c(c23)CCC4)C1. The van der Waals surface area contributed by atoms with E-state index in [1.807, 2.05) is 12.1 Å². The average Bonchev–Trinajstić information content (AvgIpc) is 3.28. The van der Waals surface area contributed by atoms with Crippen LogP contribution in [0.5, 0.6) is 0 Å². The summed E-state index contributed by atoms with van der Waals surface area (Å²) in [4.78, 5) is 16.3. The first kappa shape index (κ1) is 18.9. The maximum atomic E-state index is 12.0. The summed E-state index contributed by atoms with van der Waals surface area (Å²) in [5.74, 6) is 2.01. The number of anilines is 1. The zero-order valence-electron chi connectivity index (χ0n) is 16.3. The van der Waals surface area contributed by atoms with Gasteiger partial charge in [0.15, 0.2) is 5.82 Å². The van der Waals surface area contributed by atoms with Crippen molar-refractivity contribution in [1.29, 1.82) is 0 Å². The van der Waals surface area contributed by atoms with Crippen molar-refractivity contribution in [2.45, 2.75) is 26.2 Å². The van der Waals surface area contributed by atoms with Gasteiger partial charge in [0, 0.05) is 48.4 Å². The predicted octanol–water partition coefficient (Wildman–Crippen LogP) is 2.94. The van der Waals surface area contributed by atoms with Crippen LogP contribution in [0.25, 0.3) is 21.6 Å². The van der Waals surface area contributed by atoms with Crippen LogP contribution in [-0.4, -0.2) is 53.1 Å². The molecule has 3 aromatic heterocycles. The number of rotatable bonds is 6. The lowest BCUT2D eigenvalue weighted by Gasteiger charge is -2.38. The van der Waals surface area contributed by atoms with Gasteiger partial charge in [0.25, 0.3) is 0 Å². The summed E-state index contributed by atoms with van der Waals surface area (Å²) < 4.78 is 25.5. The van der Waals surface area contributed by atoms with E-state index in [9.17, 15) is 8.42 Å². The van der Waals surface area contributed by atoms with Gasteiger partial charge >= 0.3 is 0 Å². The Morgan fingerprint density at radius 2 is 2.14 bits per heavy atom. The highest BCUT2D eigenvalue weighted by atomic mass is 32.2. The molecule has 3 aromatic rings. The topological polar surface area (TPSA) is 88.1 Å². The zero-order valence-corrected chi connectivity index (χ0v) is 17.9. The van der Waals surface area contributed by atoms with Gasteiger partial charge in [0.2, 0.25) is 10.0 Å². The van der Waals surface area contributed by atoms with Gasteiger partial charge in [-0.05, 0) is 43.9 Å². The van der Waals surface area contributed by atoms with Crippen LogP contribution in [0.15, 0.2) is 24.5 Å². The molecule has 9 heteroatoms. The minimum Gasteiger partial charge on any atom is -0.369 e. The minimum absolute atomic E-state index is 0.162. The summed E-state index contributed by atoms with van der Waals surface area (Å²) in [5, 5.41) is 4.67. The molecule has 152 valence electrons. The Kier molecular flexibility index (Phi) is 4.76. The lowest BCUT2D eigenvalue weighted by Crippen LogP contribution is -2.52. The number of hydrogen-bond donors (Lipinski definition) is 1. The van der Waals surface area contributed by atoms with E-state index in [4.69, 9.17) is 9.97 Å². The summed E-state index contributed by atoms with van der Waals surface area (Å²) in [6.07, 6.45) is 6.91. The van der Waals surface area contributed by atoms with E-state index in [0.29, 0.717) is 31.4 Å². The Bertz CT molecular complexity index is 1150. The smallest absolute Gasteiger partial charge is 0.213 e. The molecule has 1 aliphatic carbocycles. The van der Waals surface area contributed by atoms with E-state index < -0.39 is 10.0 Å². The van der Waals surface area contributed by atoms with Gasteiger partial charge in [-0.3, -0.25) is 4.98 Å². The van der Waals surface area contributed by atoms with Gasteiger partial charge in [0.1, 0.15) is 10.6 Å². The van der Waals surface area contributed by atoms with Crippen LogP contribution in [0.1, 0.15) is 23.8 Å². The lowest BCUT2D eigenvalue weighted by atomic mass is 10.0. The average molecular weight is 430 g/mol. The normalized spacial score (nSPS) is 17.4. The second-order valence-electron chi connectivity index (χ2n) is 7.64. The van der Waals surface area contributed by atoms with E-state index in [0.717, 1.165) is 34.4 Å². The van der Waals surface area contributed by atoms with Crippen LogP contribution in [-0.2, 0) is 22.9 Å². The number of nitrogens with zero attached hydrogens (tertiary/aromatic N) is 4. The third-order valence-corrected chi connectivity index (χ3v) is 8.72. The van der Waals surface area contributed by atoms with Crippen molar-refractivity contribution in [1.82, 2.24) is 19.3 Å². The number of thiophene rings is 1. The number of aromatic nitrogens is 3. The Hall–Kier alpha value is -2.10. The highest BCUT2D eigenvalue weighted by Gasteiger charge is 2.34. The third kappa shape index (κ3) is 3.41. The van der Waals surface area contributed by atoms with Crippen molar-refractivity contribution < 1.29 is 8.42 Å². The number of fused-ring (bicyclic) bond motifs is 3. The molecule has 1 aliphatic heterocycles. The number of sulfonamides is 1. The molecule has 29 heavy (non-hydrogen) atoms. The fourth-order valence-electron chi connectivity index (χ4n) is 4.05. The van der Waals surface area contributed by atoms with Crippen LogP contribution in [0.2, 0.25) is 0 Å². The number of pyridine rings is 1.